The number of urea groups is 1. The second-order valence-corrected chi connectivity index (χ2v) is 2.49. The highest BCUT2D eigenvalue weighted by atomic mass is 16.2. The third-order valence-corrected chi connectivity index (χ3v) is 1.64. The van der Waals surface area contributed by atoms with E-state index in [2.05, 4.69) is 0 Å². The highest BCUT2D eigenvalue weighted by Crippen LogP contribution is 2.30. The van der Waals surface area contributed by atoms with Crippen LogP contribution in [-0.2, 0) is 9.59 Å². The Hall–Kier alpha value is -1.91. The fraction of sp³-hybridized carbons (Fsp3) is 0.300. The predicted octanol–water partition coefficient (Wildman–Crippen LogP) is 0.491. The van der Waals surface area contributed by atoms with Crippen molar-refractivity contribution in [1.82, 2.24) is 10.6 Å². The van der Waals surface area contributed by atoms with Crippen LogP contribution in [0.1, 0.15) is 26.5 Å². The number of carbonyl (C=O) groups excluding carboxylic acids is 3. The zero-order valence-electron chi connectivity index (χ0n) is 17.2. The number of hydrogen-bond acceptors (Lipinski definition) is 3. The van der Waals surface area contributed by atoms with Gasteiger partial charge in [0.05, 0.1) is 8.22 Å². The summed E-state index contributed by atoms with van der Waals surface area (Å²) in [5.41, 5.74) is -3.65. The molecule has 0 aliphatic carbocycles. The Balaban J connectivity index is 3.99. The monoisotopic (exact) mass is 218 g/mol. The van der Waals surface area contributed by atoms with Crippen LogP contribution >= 0.6 is 0 Å². The molecule has 2 N–H and O–H groups in total. The van der Waals surface area contributed by atoms with E-state index in [-0.39, 0.29) is 0 Å². The Morgan fingerprint density at radius 3 is 2.13 bits per heavy atom. The van der Waals surface area contributed by atoms with E-state index < -0.39 is 61.2 Å². The highest BCUT2D eigenvalue weighted by Gasteiger charge is 2.48. The molecule has 0 saturated carbocycles. The van der Waals surface area contributed by atoms with Gasteiger partial charge >= 0.3 is 6.03 Å². The molecule has 0 aromatic rings. The zero-order chi connectivity index (χ0) is 20.0. The first-order valence-electron chi connectivity index (χ1n) is 8.61. The Labute approximate surface area is 101 Å². The maximum Gasteiger partial charge on any atom is 0.328 e. The number of allylic oxidation sites excluding steroid dienone is 2. The van der Waals surface area contributed by atoms with Crippen molar-refractivity contribution in [1.29, 1.82) is 0 Å². The van der Waals surface area contributed by atoms with Crippen LogP contribution in [0.2, 0.25) is 0 Å². The van der Waals surface area contributed by atoms with E-state index in [4.69, 9.17) is 13.7 Å². The molecule has 0 aromatic heterocycles. The summed E-state index contributed by atoms with van der Waals surface area (Å²) in [5, 5.41) is 2.91. The smallest absolute Gasteiger partial charge is 0.277 e. The van der Waals surface area contributed by atoms with Crippen molar-refractivity contribution in [2.45, 2.75) is 12.7 Å². The van der Waals surface area contributed by atoms with Crippen molar-refractivity contribution in [2.75, 3.05) is 0 Å². The van der Waals surface area contributed by atoms with Crippen molar-refractivity contribution >= 4 is 17.8 Å². The topological polar surface area (TPSA) is 75.3 Å². The van der Waals surface area contributed by atoms with Crippen LogP contribution in [0, 0.1) is 5.41 Å². The Morgan fingerprint density at radius 2 is 1.73 bits per heavy atom. The summed E-state index contributed by atoms with van der Waals surface area (Å²) in [4.78, 5) is 36.0. The van der Waals surface area contributed by atoms with E-state index in [1.54, 1.807) is 0 Å². The van der Waals surface area contributed by atoms with Crippen LogP contribution in [0.15, 0.2) is 25.2 Å². The lowest BCUT2D eigenvalue weighted by Crippen LogP contribution is -2.62. The molecule has 0 aromatic carbocycles. The van der Waals surface area contributed by atoms with Gasteiger partial charge in [0.1, 0.15) is 5.41 Å². The average Bonchev–Trinajstić information content (AvgIpc) is 2.43. The summed E-state index contributed by atoms with van der Waals surface area (Å²) in [6.07, 6.45) is -7.35. The molecule has 4 amide bonds. The van der Waals surface area contributed by atoms with Gasteiger partial charge in [0.25, 0.3) is 0 Å². The van der Waals surface area contributed by atoms with Gasteiger partial charge in [0.15, 0.2) is 0 Å². The van der Waals surface area contributed by atoms with Crippen molar-refractivity contribution in [2.24, 2.45) is 5.41 Å². The van der Waals surface area contributed by atoms with Gasteiger partial charge < -0.3 is 0 Å². The van der Waals surface area contributed by atoms with Crippen LogP contribution in [0.4, 0.5) is 4.79 Å². The molecule has 1 fully saturated rings. The molecule has 5 heteroatoms. The van der Waals surface area contributed by atoms with Gasteiger partial charge in [-0.3, -0.25) is 20.2 Å². The van der Waals surface area contributed by atoms with Crippen LogP contribution in [0.25, 0.3) is 0 Å². The summed E-state index contributed by atoms with van der Waals surface area (Å²) in [5.74, 6) is -3.73. The molecule has 0 bridgehead atoms. The highest BCUT2D eigenvalue weighted by molar-refractivity contribution is 6.19. The van der Waals surface area contributed by atoms with Crippen molar-refractivity contribution in [3.63, 3.8) is 0 Å². The van der Waals surface area contributed by atoms with Gasteiger partial charge in [-0.05, 0) is 12.7 Å². The quantitative estimate of drug-likeness (QED) is 0.532. The van der Waals surface area contributed by atoms with E-state index in [0.29, 0.717) is 0 Å². The molecular formula is C10H12N2O3. The molecule has 0 atom stereocenters. The number of rotatable bonds is 4. The molecule has 5 nitrogen and oxygen atoms in total. The number of carbonyl (C=O) groups is 3. The first-order chi connectivity index (χ1) is 11.2. The summed E-state index contributed by atoms with van der Waals surface area (Å²) in [7, 11) is 0. The molecule has 1 rings (SSSR count). The number of amides is 4. The van der Waals surface area contributed by atoms with E-state index >= 15 is 0 Å². The fourth-order valence-electron chi connectivity index (χ4n) is 0.974. The van der Waals surface area contributed by atoms with Crippen LogP contribution in [0.5, 0.6) is 0 Å². The number of nitrogens with one attached hydrogen (secondary N) is 2. The standard InChI is InChI=1S/C10H12N2O3/c1-3-5-10(6-4-2)7(13)11-9(15)12-8(10)14/h3-4H,1-2,5-6H2,(H2,11,12,13,14,15)/i1D2,2D2,3D,4D,5D2,6D2. The van der Waals surface area contributed by atoms with Gasteiger partial charge in [-0.25, -0.2) is 4.79 Å². The van der Waals surface area contributed by atoms with Crippen molar-refractivity contribution in [3.05, 3.63) is 25.2 Å². The lowest BCUT2D eigenvalue weighted by atomic mass is 9.78. The number of barbiturate groups is 1. The second-order valence-electron chi connectivity index (χ2n) is 2.49. The summed E-state index contributed by atoms with van der Waals surface area (Å²) >= 11 is 0. The summed E-state index contributed by atoms with van der Waals surface area (Å²) < 4.78 is 74.8. The maximum absolute atomic E-state index is 12.4. The molecule has 80 valence electrons. The van der Waals surface area contributed by atoms with Crippen LogP contribution in [-0.4, -0.2) is 17.8 Å². The first kappa shape index (κ1) is 3.59. The fourth-order valence-corrected chi connectivity index (χ4v) is 0.974. The molecule has 0 radical (unpaired) electrons. The molecule has 0 spiro atoms. The third-order valence-electron chi connectivity index (χ3n) is 1.64. The van der Waals surface area contributed by atoms with Crippen LogP contribution in [0.3, 0.4) is 0 Å². The lowest BCUT2D eigenvalue weighted by molar-refractivity contribution is -0.144. The largest absolute Gasteiger partial charge is 0.328 e. The molecule has 15 heavy (non-hydrogen) atoms. The summed E-state index contributed by atoms with van der Waals surface area (Å²) in [6, 6.07) is -4.54. The van der Waals surface area contributed by atoms with Gasteiger partial charge in [-0.1, -0.05) is 12.1 Å². The van der Waals surface area contributed by atoms with E-state index in [0.717, 1.165) is 0 Å². The number of hydrogen-bond donors (Lipinski definition) is 2. The van der Waals surface area contributed by atoms with Gasteiger partial charge in [0.2, 0.25) is 11.8 Å². The van der Waals surface area contributed by atoms with E-state index in [1.807, 2.05) is 0 Å². The SMILES string of the molecule is [2H]C([2H])=C([2H])C([2H])([2H])C1(C([2H])([2H])C([2H])=C([2H])[2H])C(=O)NC(=O)NC1=O. The Morgan fingerprint density at radius 1 is 1.27 bits per heavy atom. The maximum atomic E-state index is 12.4. The van der Waals surface area contributed by atoms with Crippen LogP contribution < -0.4 is 10.6 Å². The van der Waals surface area contributed by atoms with Gasteiger partial charge in [0, 0.05) is 5.48 Å². The molecule has 1 aliphatic heterocycles. The zero-order valence-corrected chi connectivity index (χ0v) is 7.22. The minimum atomic E-state index is -3.67. The summed E-state index contributed by atoms with van der Waals surface area (Å²) in [6.45, 7) is -2.96. The van der Waals surface area contributed by atoms with Gasteiger partial charge in [-0.15, -0.1) is 13.1 Å². The van der Waals surface area contributed by atoms with Crippen molar-refractivity contribution in [3.8, 4) is 0 Å². The van der Waals surface area contributed by atoms with Crippen molar-refractivity contribution < 1.29 is 28.1 Å². The second kappa shape index (κ2) is 4.08. The van der Waals surface area contributed by atoms with E-state index in [1.165, 1.54) is 10.6 Å². The minimum absolute atomic E-state index is 1.41. The average molecular weight is 218 g/mol. The Bertz CT molecular complexity index is 648. The van der Waals surface area contributed by atoms with Gasteiger partial charge in [-0.2, -0.15) is 0 Å². The predicted molar refractivity (Wildman–Crippen MR) is 53.7 cm³/mol. The number of imide groups is 2. The lowest BCUT2D eigenvalue weighted by Gasteiger charge is -2.32. The third kappa shape index (κ3) is 1.81. The van der Waals surface area contributed by atoms with E-state index in [9.17, 15) is 14.4 Å². The molecule has 0 unspecified atom stereocenters. The normalized spacial score (nSPS) is 30.0. The first-order valence-corrected chi connectivity index (χ1v) is 3.61. The molecule has 1 heterocycles. The molecular weight excluding hydrogens is 196 g/mol. The Kier molecular flexibility index (Phi) is 0.976. The molecule has 1 saturated heterocycles. The molecule has 1 aliphatic rings. The minimum Gasteiger partial charge on any atom is -0.277 e.